The Hall–Kier alpha value is -2.38. The highest BCUT2D eigenvalue weighted by Crippen LogP contribution is 2.20. The maximum absolute atomic E-state index is 12.5. The van der Waals surface area contributed by atoms with Crippen LogP contribution in [0.2, 0.25) is 0 Å². The minimum Gasteiger partial charge on any atom is -0.497 e. The SMILES string of the molecule is CCN(CC)S(=O)(=O)c1ccc(CCC(=O)N(C)c2ccc(OC)cc2)cc1. The third-order valence-corrected chi connectivity index (χ3v) is 6.79. The molecule has 152 valence electrons. The summed E-state index contributed by atoms with van der Waals surface area (Å²) in [7, 11) is -0.117. The van der Waals surface area contributed by atoms with Gasteiger partial charge in [-0.15, -0.1) is 0 Å². The van der Waals surface area contributed by atoms with E-state index in [0.29, 0.717) is 25.9 Å². The van der Waals surface area contributed by atoms with E-state index in [0.717, 1.165) is 17.0 Å². The Morgan fingerprint density at radius 3 is 2.04 bits per heavy atom. The van der Waals surface area contributed by atoms with Crippen LogP contribution in [0.3, 0.4) is 0 Å². The van der Waals surface area contributed by atoms with Gasteiger partial charge in [0.05, 0.1) is 12.0 Å². The fraction of sp³-hybridized carbons (Fsp3) is 0.381. The number of hydrogen-bond acceptors (Lipinski definition) is 4. The van der Waals surface area contributed by atoms with Crippen LogP contribution in [0.15, 0.2) is 53.4 Å². The molecule has 0 aliphatic rings. The molecule has 0 spiro atoms. The molecule has 0 fully saturated rings. The van der Waals surface area contributed by atoms with E-state index in [9.17, 15) is 13.2 Å². The number of anilines is 1. The van der Waals surface area contributed by atoms with Crippen molar-refractivity contribution in [2.45, 2.75) is 31.6 Å². The van der Waals surface area contributed by atoms with Gasteiger partial charge in [-0.1, -0.05) is 26.0 Å². The molecule has 0 radical (unpaired) electrons. The Labute approximate surface area is 167 Å². The zero-order valence-corrected chi connectivity index (χ0v) is 17.7. The Bertz CT molecular complexity index is 874. The smallest absolute Gasteiger partial charge is 0.243 e. The summed E-state index contributed by atoms with van der Waals surface area (Å²) in [6.45, 7) is 4.51. The predicted octanol–water partition coefficient (Wildman–Crippen LogP) is 3.32. The number of hydrogen-bond donors (Lipinski definition) is 0. The van der Waals surface area contributed by atoms with Gasteiger partial charge in [-0.3, -0.25) is 4.79 Å². The van der Waals surface area contributed by atoms with Crippen molar-refractivity contribution in [1.29, 1.82) is 0 Å². The van der Waals surface area contributed by atoms with Crippen molar-refractivity contribution in [3.63, 3.8) is 0 Å². The van der Waals surface area contributed by atoms with Crippen LogP contribution < -0.4 is 9.64 Å². The van der Waals surface area contributed by atoms with Crippen molar-refractivity contribution < 1.29 is 17.9 Å². The Balaban J connectivity index is 1.99. The van der Waals surface area contributed by atoms with Crippen LogP contribution in [0.1, 0.15) is 25.8 Å². The van der Waals surface area contributed by atoms with E-state index in [1.165, 1.54) is 4.31 Å². The van der Waals surface area contributed by atoms with Gasteiger partial charge < -0.3 is 9.64 Å². The lowest BCUT2D eigenvalue weighted by Crippen LogP contribution is -2.30. The first-order chi connectivity index (χ1) is 13.3. The van der Waals surface area contributed by atoms with Gasteiger partial charge in [-0.05, 0) is 48.4 Å². The van der Waals surface area contributed by atoms with Crippen LogP contribution in [0.4, 0.5) is 5.69 Å². The molecule has 0 heterocycles. The second kappa shape index (κ2) is 9.71. The van der Waals surface area contributed by atoms with Crippen molar-refractivity contribution in [3.8, 4) is 5.75 Å². The first-order valence-corrected chi connectivity index (χ1v) is 10.8. The minimum absolute atomic E-state index is 0.00925. The number of carbonyl (C=O) groups is 1. The summed E-state index contributed by atoms with van der Waals surface area (Å²) in [4.78, 5) is 14.3. The molecule has 7 heteroatoms. The van der Waals surface area contributed by atoms with Gasteiger partial charge in [0.2, 0.25) is 15.9 Å². The highest BCUT2D eigenvalue weighted by Gasteiger charge is 2.21. The number of methoxy groups -OCH3 is 1. The summed E-state index contributed by atoms with van der Waals surface area (Å²) in [5, 5.41) is 0. The molecular weight excluding hydrogens is 376 g/mol. The van der Waals surface area contributed by atoms with Crippen molar-refractivity contribution in [2.75, 3.05) is 32.1 Å². The van der Waals surface area contributed by atoms with Crippen LogP contribution in [-0.2, 0) is 21.2 Å². The Morgan fingerprint density at radius 1 is 0.964 bits per heavy atom. The number of carbonyl (C=O) groups excluding carboxylic acids is 1. The number of aryl methyl sites for hydroxylation is 1. The van der Waals surface area contributed by atoms with Gasteiger partial charge >= 0.3 is 0 Å². The molecular formula is C21H28N2O4S. The van der Waals surface area contributed by atoms with Crippen LogP contribution >= 0.6 is 0 Å². The number of sulfonamides is 1. The van der Waals surface area contributed by atoms with E-state index in [4.69, 9.17) is 4.74 Å². The average Bonchev–Trinajstić information content (AvgIpc) is 2.72. The molecule has 1 amide bonds. The molecule has 0 aromatic heterocycles. The Morgan fingerprint density at radius 2 is 1.54 bits per heavy atom. The molecule has 2 aromatic rings. The lowest BCUT2D eigenvalue weighted by Gasteiger charge is -2.19. The molecule has 0 N–H and O–H groups in total. The number of amides is 1. The first kappa shape index (κ1) is 21.9. The molecule has 2 aromatic carbocycles. The maximum atomic E-state index is 12.5. The molecule has 0 atom stereocenters. The summed E-state index contributed by atoms with van der Waals surface area (Å²) < 4.78 is 31.6. The van der Waals surface area contributed by atoms with Crippen molar-refractivity contribution in [1.82, 2.24) is 4.31 Å². The highest BCUT2D eigenvalue weighted by molar-refractivity contribution is 7.89. The zero-order chi connectivity index (χ0) is 20.7. The highest BCUT2D eigenvalue weighted by atomic mass is 32.2. The lowest BCUT2D eigenvalue weighted by atomic mass is 10.1. The normalized spacial score (nSPS) is 11.5. The van der Waals surface area contributed by atoms with E-state index in [1.807, 2.05) is 38.1 Å². The third kappa shape index (κ3) is 5.11. The van der Waals surface area contributed by atoms with Gasteiger partial charge in [-0.2, -0.15) is 4.31 Å². The monoisotopic (exact) mass is 404 g/mol. The second-order valence-corrected chi connectivity index (χ2v) is 8.32. The van der Waals surface area contributed by atoms with Gasteiger partial charge in [0.1, 0.15) is 5.75 Å². The number of benzene rings is 2. The molecule has 0 bridgehead atoms. The summed E-state index contributed by atoms with van der Waals surface area (Å²) in [5.74, 6) is 0.731. The van der Waals surface area contributed by atoms with Crippen molar-refractivity contribution in [3.05, 3.63) is 54.1 Å². The largest absolute Gasteiger partial charge is 0.497 e. The lowest BCUT2D eigenvalue weighted by molar-refractivity contribution is -0.118. The summed E-state index contributed by atoms with van der Waals surface area (Å²) in [6, 6.07) is 14.1. The van der Waals surface area contributed by atoms with Gasteiger partial charge in [0, 0.05) is 32.2 Å². The van der Waals surface area contributed by atoms with E-state index >= 15 is 0 Å². The second-order valence-electron chi connectivity index (χ2n) is 6.38. The van der Waals surface area contributed by atoms with Gasteiger partial charge in [0.25, 0.3) is 0 Å². The molecule has 0 saturated carbocycles. The standard InChI is InChI=1S/C21H28N2O4S/c1-5-23(6-2)28(25,26)20-14-7-17(8-15-20)9-16-21(24)22(3)18-10-12-19(27-4)13-11-18/h7-8,10-15H,5-6,9,16H2,1-4H3. The van der Waals surface area contributed by atoms with Crippen molar-refractivity contribution >= 4 is 21.6 Å². The molecule has 0 aliphatic carbocycles. The Kier molecular flexibility index (Phi) is 7.60. The maximum Gasteiger partial charge on any atom is 0.243 e. The molecule has 2 rings (SSSR count). The van der Waals surface area contributed by atoms with Crippen LogP contribution in [0, 0.1) is 0 Å². The average molecular weight is 405 g/mol. The molecule has 0 aliphatic heterocycles. The van der Waals surface area contributed by atoms with Crippen molar-refractivity contribution in [2.24, 2.45) is 0 Å². The van der Waals surface area contributed by atoms with Gasteiger partial charge in [-0.25, -0.2) is 8.42 Å². The van der Waals surface area contributed by atoms with Gasteiger partial charge in [0.15, 0.2) is 0 Å². The number of rotatable bonds is 9. The molecule has 0 unspecified atom stereocenters. The van der Waals surface area contributed by atoms with E-state index in [1.54, 1.807) is 43.3 Å². The van der Waals surface area contributed by atoms with Crippen LogP contribution in [0.25, 0.3) is 0 Å². The molecule has 0 saturated heterocycles. The first-order valence-electron chi connectivity index (χ1n) is 9.33. The number of ether oxygens (including phenoxy) is 1. The van der Waals surface area contributed by atoms with Crippen LogP contribution in [-0.4, -0.2) is 45.9 Å². The summed E-state index contributed by atoms with van der Waals surface area (Å²) in [6.07, 6.45) is 0.885. The quantitative estimate of drug-likeness (QED) is 0.643. The topological polar surface area (TPSA) is 66.9 Å². The summed E-state index contributed by atoms with van der Waals surface area (Å²) in [5.41, 5.74) is 1.72. The minimum atomic E-state index is -3.46. The van der Waals surface area contributed by atoms with E-state index in [2.05, 4.69) is 0 Å². The van der Waals surface area contributed by atoms with E-state index < -0.39 is 10.0 Å². The third-order valence-electron chi connectivity index (χ3n) is 4.73. The molecule has 28 heavy (non-hydrogen) atoms. The predicted molar refractivity (Wildman–Crippen MR) is 111 cm³/mol. The zero-order valence-electron chi connectivity index (χ0n) is 16.9. The fourth-order valence-corrected chi connectivity index (χ4v) is 4.37. The number of nitrogens with zero attached hydrogens (tertiary/aromatic N) is 2. The van der Waals surface area contributed by atoms with Crippen LogP contribution in [0.5, 0.6) is 5.75 Å². The van der Waals surface area contributed by atoms with E-state index in [-0.39, 0.29) is 10.8 Å². The fourth-order valence-electron chi connectivity index (χ4n) is 2.91. The summed E-state index contributed by atoms with van der Waals surface area (Å²) >= 11 is 0. The molecule has 6 nitrogen and oxygen atoms in total.